The Bertz CT molecular complexity index is 165. The zero-order valence-electron chi connectivity index (χ0n) is 8.86. The molecule has 0 aliphatic carbocycles. The van der Waals surface area contributed by atoms with Gasteiger partial charge < -0.3 is 15.3 Å². The Morgan fingerprint density at radius 3 is 2.07 bits per heavy atom. The Hall–Kier alpha value is -0.300. The van der Waals surface area contributed by atoms with Crippen LogP contribution in [0.1, 0.15) is 6.92 Å². The molecule has 0 spiro atoms. The van der Waals surface area contributed by atoms with Crippen LogP contribution in [0.25, 0.3) is 0 Å². The molecular weight excluding hydrogens is 208 g/mol. The van der Waals surface area contributed by atoms with Gasteiger partial charge in [0.2, 0.25) is 0 Å². The number of rotatable bonds is 8. The molecule has 0 aromatic rings. The molecule has 6 heteroatoms. The highest BCUT2D eigenvalue weighted by molar-refractivity contribution is 4.77. The van der Waals surface area contributed by atoms with Gasteiger partial charge in [-0.05, 0) is 0 Å². The Morgan fingerprint density at radius 1 is 1.20 bits per heavy atom. The highest BCUT2D eigenvalue weighted by atomic mass is 19.3. The van der Waals surface area contributed by atoms with Crippen molar-refractivity contribution in [2.24, 2.45) is 5.41 Å². The first kappa shape index (κ1) is 14.7. The molecule has 0 unspecified atom stereocenters. The summed E-state index contributed by atoms with van der Waals surface area (Å²) in [5.74, 6) is 0. The molecule has 0 saturated carbocycles. The van der Waals surface area contributed by atoms with Crippen molar-refractivity contribution in [3.05, 3.63) is 0 Å². The van der Waals surface area contributed by atoms with Crippen molar-refractivity contribution >= 4 is 0 Å². The third-order valence-electron chi connectivity index (χ3n) is 2.18. The summed E-state index contributed by atoms with van der Waals surface area (Å²) in [5.41, 5.74) is -0.815. The van der Waals surface area contributed by atoms with Crippen molar-refractivity contribution in [2.45, 2.75) is 13.3 Å². The molecule has 3 N–H and O–H groups in total. The van der Waals surface area contributed by atoms with Gasteiger partial charge >= 0.3 is 0 Å². The molecule has 92 valence electrons. The second-order valence-electron chi connectivity index (χ2n) is 3.98. The van der Waals surface area contributed by atoms with E-state index in [4.69, 9.17) is 15.3 Å². The molecule has 0 aromatic carbocycles. The lowest BCUT2D eigenvalue weighted by Gasteiger charge is -2.32. The van der Waals surface area contributed by atoms with E-state index in [0.717, 1.165) is 0 Å². The number of halogens is 2. The third kappa shape index (κ3) is 5.99. The molecule has 0 aliphatic rings. The maximum atomic E-state index is 12.1. The summed E-state index contributed by atoms with van der Waals surface area (Å²) >= 11 is 0. The minimum Gasteiger partial charge on any atom is -0.396 e. The number of hydrogen-bond acceptors (Lipinski definition) is 4. The summed E-state index contributed by atoms with van der Waals surface area (Å²) in [6.45, 7) is 0.590. The van der Waals surface area contributed by atoms with Gasteiger partial charge in [-0.25, -0.2) is 8.78 Å². The zero-order chi connectivity index (χ0) is 11.9. The van der Waals surface area contributed by atoms with Crippen LogP contribution < -0.4 is 0 Å². The molecule has 0 bridgehead atoms. The van der Waals surface area contributed by atoms with Crippen molar-refractivity contribution in [3.63, 3.8) is 0 Å². The van der Waals surface area contributed by atoms with Gasteiger partial charge in [0.15, 0.2) is 0 Å². The summed E-state index contributed by atoms with van der Waals surface area (Å²) in [6, 6.07) is 0. The summed E-state index contributed by atoms with van der Waals surface area (Å²) in [7, 11) is 0. The van der Waals surface area contributed by atoms with Gasteiger partial charge in [0.25, 0.3) is 6.43 Å². The lowest BCUT2D eigenvalue weighted by atomic mass is 9.92. The van der Waals surface area contributed by atoms with E-state index in [-0.39, 0.29) is 32.9 Å². The van der Waals surface area contributed by atoms with Crippen molar-refractivity contribution in [2.75, 3.05) is 39.5 Å². The van der Waals surface area contributed by atoms with Gasteiger partial charge in [-0.2, -0.15) is 0 Å². The van der Waals surface area contributed by atoms with E-state index >= 15 is 0 Å². The molecule has 0 aromatic heterocycles. The lowest BCUT2D eigenvalue weighted by Crippen LogP contribution is -2.43. The van der Waals surface area contributed by atoms with Gasteiger partial charge in [-0.15, -0.1) is 0 Å². The molecule has 0 aliphatic heterocycles. The number of aliphatic hydroxyl groups is 3. The summed E-state index contributed by atoms with van der Waals surface area (Å²) < 4.78 is 24.3. The molecule has 0 heterocycles. The molecule has 0 atom stereocenters. The average molecular weight is 227 g/mol. The van der Waals surface area contributed by atoms with E-state index in [9.17, 15) is 8.78 Å². The van der Waals surface area contributed by atoms with Crippen LogP contribution in [-0.2, 0) is 0 Å². The molecule has 0 amide bonds. The Morgan fingerprint density at radius 2 is 1.73 bits per heavy atom. The van der Waals surface area contributed by atoms with Crippen LogP contribution in [0.5, 0.6) is 0 Å². The van der Waals surface area contributed by atoms with Crippen LogP contribution in [-0.4, -0.2) is 66.1 Å². The van der Waals surface area contributed by atoms with Crippen LogP contribution >= 0.6 is 0 Å². The first-order chi connectivity index (χ1) is 6.97. The van der Waals surface area contributed by atoms with Crippen molar-refractivity contribution < 1.29 is 24.1 Å². The second-order valence-corrected chi connectivity index (χ2v) is 3.98. The van der Waals surface area contributed by atoms with Crippen LogP contribution in [0.2, 0.25) is 0 Å². The molecule has 0 radical (unpaired) electrons. The number of hydrogen-bond donors (Lipinski definition) is 3. The number of alkyl halides is 2. The van der Waals surface area contributed by atoms with Crippen LogP contribution in [0.3, 0.4) is 0 Å². The van der Waals surface area contributed by atoms with Crippen LogP contribution in [0, 0.1) is 5.41 Å². The Kier molecular flexibility index (Phi) is 6.91. The van der Waals surface area contributed by atoms with E-state index in [2.05, 4.69) is 0 Å². The predicted molar refractivity (Wildman–Crippen MR) is 51.8 cm³/mol. The molecule has 4 nitrogen and oxygen atoms in total. The quantitative estimate of drug-likeness (QED) is 0.525. The predicted octanol–water partition coefficient (Wildman–Crippen LogP) is -0.463. The second kappa shape index (κ2) is 7.05. The van der Waals surface area contributed by atoms with Crippen molar-refractivity contribution in [1.82, 2.24) is 4.90 Å². The van der Waals surface area contributed by atoms with E-state index in [1.807, 2.05) is 0 Å². The van der Waals surface area contributed by atoms with Gasteiger partial charge in [-0.1, -0.05) is 6.92 Å². The van der Waals surface area contributed by atoms with Crippen LogP contribution in [0.15, 0.2) is 0 Å². The van der Waals surface area contributed by atoms with Gasteiger partial charge in [0.1, 0.15) is 0 Å². The normalized spacial score (nSPS) is 12.8. The smallest absolute Gasteiger partial charge is 0.251 e. The molecule has 0 rings (SSSR count). The van der Waals surface area contributed by atoms with Crippen molar-refractivity contribution in [3.8, 4) is 0 Å². The summed E-state index contributed by atoms with van der Waals surface area (Å²) in [6.07, 6.45) is -2.49. The molecular formula is C9H19F2NO3. The molecule has 0 fully saturated rings. The minimum atomic E-state index is -2.49. The third-order valence-corrected chi connectivity index (χ3v) is 2.18. The fourth-order valence-electron chi connectivity index (χ4n) is 1.26. The number of nitrogens with zero attached hydrogens (tertiary/aromatic N) is 1. The number of aliphatic hydroxyl groups excluding tert-OH is 3. The SMILES string of the molecule is CC(CO)(CO)CN(CCO)CC(F)F. The largest absolute Gasteiger partial charge is 0.396 e. The van der Waals surface area contributed by atoms with E-state index in [1.54, 1.807) is 6.92 Å². The first-order valence-electron chi connectivity index (χ1n) is 4.80. The van der Waals surface area contributed by atoms with Crippen LogP contribution in [0.4, 0.5) is 8.78 Å². The maximum Gasteiger partial charge on any atom is 0.251 e. The highest BCUT2D eigenvalue weighted by Gasteiger charge is 2.26. The molecule has 15 heavy (non-hydrogen) atoms. The lowest BCUT2D eigenvalue weighted by molar-refractivity contribution is 0.00781. The summed E-state index contributed by atoms with van der Waals surface area (Å²) in [5, 5.41) is 26.7. The summed E-state index contributed by atoms with van der Waals surface area (Å²) in [4.78, 5) is 1.33. The first-order valence-corrected chi connectivity index (χ1v) is 4.80. The van der Waals surface area contributed by atoms with Crippen molar-refractivity contribution in [1.29, 1.82) is 0 Å². The zero-order valence-corrected chi connectivity index (χ0v) is 8.86. The molecule has 0 saturated heterocycles. The fraction of sp³-hybridized carbons (Fsp3) is 1.00. The average Bonchev–Trinajstić information content (AvgIpc) is 2.17. The Balaban J connectivity index is 4.24. The van der Waals surface area contributed by atoms with E-state index in [1.165, 1.54) is 4.90 Å². The fourth-order valence-corrected chi connectivity index (χ4v) is 1.26. The Labute approximate surface area is 88.1 Å². The van der Waals surface area contributed by atoms with E-state index in [0.29, 0.717) is 0 Å². The van der Waals surface area contributed by atoms with Gasteiger partial charge in [0.05, 0.1) is 26.4 Å². The maximum absolute atomic E-state index is 12.1. The monoisotopic (exact) mass is 227 g/mol. The van der Waals surface area contributed by atoms with E-state index < -0.39 is 18.4 Å². The standard InChI is InChI=1S/C9H19F2NO3/c1-9(6-14,7-15)5-12(2-3-13)4-8(10)11/h8,13-15H,2-7H2,1H3. The van der Waals surface area contributed by atoms with Gasteiger partial charge in [-0.3, -0.25) is 4.90 Å². The minimum absolute atomic E-state index is 0.111. The highest BCUT2D eigenvalue weighted by Crippen LogP contribution is 2.16. The topological polar surface area (TPSA) is 63.9 Å². The van der Waals surface area contributed by atoms with Gasteiger partial charge in [0, 0.05) is 18.5 Å².